The summed E-state index contributed by atoms with van der Waals surface area (Å²) in [4.78, 5) is 0. The lowest BCUT2D eigenvalue weighted by molar-refractivity contribution is 0.0795. The first-order chi connectivity index (χ1) is 7.79. The van der Waals surface area contributed by atoms with Gasteiger partial charge in [-0.05, 0) is 43.0 Å². The highest BCUT2D eigenvalue weighted by Crippen LogP contribution is 2.33. The van der Waals surface area contributed by atoms with Crippen LogP contribution < -0.4 is 4.74 Å². The van der Waals surface area contributed by atoms with Crippen molar-refractivity contribution >= 4 is 0 Å². The van der Waals surface area contributed by atoms with Gasteiger partial charge in [-0.25, -0.2) is 0 Å². The monoisotopic (exact) mass is 222 g/mol. The summed E-state index contributed by atoms with van der Waals surface area (Å²) in [6.07, 6.45) is 3.70. The number of aliphatic hydroxyl groups excluding tert-OH is 1. The van der Waals surface area contributed by atoms with Gasteiger partial charge in [0.15, 0.2) is 0 Å². The number of aromatic hydroxyl groups is 1. The molecule has 1 saturated carbocycles. The van der Waals surface area contributed by atoms with Crippen LogP contribution in [0.25, 0.3) is 0 Å². The molecule has 1 unspecified atom stereocenters. The molecule has 3 heteroatoms. The number of rotatable bonds is 5. The molecule has 2 N–H and O–H groups in total. The molecule has 1 atom stereocenters. The lowest BCUT2D eigenvalue weighted by Crippen LogP contribution is -2.29. The Balaban J connectivity index is 1.83. The van der Waals surface area contributed by atoms with Crippen molar-refractivity contribution in [3.8, 4) is 11.5 Å². The molecule has 0 aromatic heterocycles. The van der Waals surface area contributed by atoms with Gasteiger partial charge >= 0.3 is 0 Å². The predicted octanol–water partition coefficient (Wildman–Crippen LogP) is 2.18. The zero-order valence-corrected chi connectivity index (χ0v) is 9.30. The first kappa shape index (κ1) is 11.3. The van der Waals surface area contributed by atoms with Crippen LogP contribution in [0.1, 0.15) is 19.3 Å². The Morgan fingerprint density at radius 3 is 2.44 bits per heavy atom. The van der Waals surface area contributed by atoms with Gasteiger partial charge in [0.25, 0.3) is 0 Å². The largest absolute Gasteiger partial charge is 0.508 e. The molecule has 88 valence electrons. The fraction of sp³-hybridized carbons (Fsp3) is 0.538. The summed E-state index contributed by atoms with van der Waals surface area (Å²) in [6.45, 7) is 0.759. The van der Waals surface area contributed by atoms with E-state index in [1.54, 1.807) is 24.3 Å². The lowest BCUT2D eigenvalue weighted by Gasteiger charge is -2.32. The van der Waals surface area contributed by atoms with Gasteiger partial charge in [0.1, 0.15) is 11.5 Å². The van der Waals surface area contributed by atoms with Crippen molar-refractivity contribution in [2.24, 2.45) is 11.8 Å². The van der Waals surface area contributed by atoms with Gasteiger partial charge in [0.2, 0.25) is 0 Å². The van der Waals surface area contributed by atoms with Crippen molar-refractivity contribution in [1.29, 1.82) is 0 Å². The van der Waals surface area contributed by atoms with Crippen molar-refractivity contribution in [2.45, 2.75) is 19.3 Å². The maximum atomic E-state index is 9.26. The minimum Gasteiger partial charge on any atom is -0.508 e. The summed E-state index contributed by atoms with van der Waals surface area (Å²) < 4.78 is 5.60. The van der Waals surface area contributed by atoms with Crippen molar-refractivity contribution in [3.63, 3.8) is 0 Å². The molecule has 16 heavy (non-hydrogen) atoms. The van der Waals surface area contributed by atoms with Crippen LogP contribution in [0.15, 0.2) is 24.3 Å². The molecule has 0 spiro atoms. The molecule has 2 rings (SSSR count). The molecule has 3 nitrogen and oxygen atoms in total. The number of phenolic OH excluding ortho intramolecular Hbond substituents is 1. The number of hydrogen-bond acceptors (Lipinski definition) is 3. The Hall–Kier alpha value is -1.22. The highest BCUT2D eigenvalue weighted by molar-refractivity contribution is 5.30. The molecule has 1 fully saturated rings. The van der Waals surface area contributed by atoms with E-state index in [0.717, 1.165) is 5.75 Å². The van der Waals surface area contributed by atoms with Gasteiger partial charge in [0.05, 0.1) is 6.61 Å². The van der Waals surface area contributed by atoms with Crippen molar-refractivity contribution in [3.05, 3.63) is 24.3 Å². The van der Waals surface area contributed by atoms with E-state index in [-0.39, 0.29) is 18.3 Å². The number of phenols is 1. The molecule has 0 aliphatic heterocycles. The standard InChI is InChI=1S/C13H18O3/c14-8-11(10-2-1-3-10)9-16-13-6-4-12(15)5-7-13/h4-7,10-11,14-15H,1-3,8-9H2. The summed E-state index contributed by atoms with van der Waals surface area (Å²) in [6, 6.07) is 6.69. The Morgan fingerprint density at radius 1 is 1.25 bits per heavy atom. The molecule has 1 aliphatic carbocycles. The van der Waals surface area contributed by atoms with Gasteiger partial charge in [-0.15, -0.1) is 0 Å². The zero-order chi connectivity index (χ0) is 11.4. The average molecular weight is 222 g/mol. The number of benzene rings is 1. The van der Waals surface area contributed by atoms with Gasteiger partial charge in [-0.2, -0.15) is 0 Å². The summed E-state index contributed by atoms with van der Waals surface area (Å²) in [7, 11) is 0. The molecule has 0 heterocycles. The molecule has 1 aromatic rings. The third-order valence-corrected chi connectivity index (χ3v) is 3.35. The summed E-state index contributed by atoms with van der Waals surface area (Å²) in [5.74, 6) is 1.87. The number of hydrogen-bond donors (Lipinski definition) is 2. The molecular weight excluding hydrogens is 204 g/mol. The van der Waals surface area contributed by atoms with Gasteiger partial charge in [-0.3, -0.25) is 0 Å². The minimum absolute atomic E-state index is 0.197. The summed E-state index contributed by atoms with van der Waals surface area (Å²) in [5, 5.41) is 18.4. The first-order valence-electron chi connectivity index (χ1n) is 5.82. The maximum Gasteiger partial charge on any atom is 0.119 e. The van der Waals surface area contributed by atoms with Crippen LogP contribution in [-0.2, 0) is 0 Å². The fourth-order valence-electron chi connectivity index (χ4n) is 1.99. The number of ether oxygens (including phenoxy) is 1. The van der Waals surface area contributed by atoms with E-state index in [4.69, 9.17) is 9.84 Å². The van der Waals surface area contributed by atoms with Crippen molar-refractivity contribution in [2.75, 3.05) is 13.2 Å². The van der Waals surface area contributed by atoms with Gasteiger partial charge in [0, 0.05) is 12.5 Å². The van der Waals surface area contributed by atoms with E-state index in [2.05, 4.69) is 0 Å². The van der Waals surface area contributed by atoms with E-state index in [9.17, 15) is 5.11 Å². The molecule has 0 radical (unpaired) electrons. The van der Waals surface area contributed by atoms with Gasteiger partial charge < -0.3 is 14.9 Å². The molecular formula is C13H18O3. The molecule has 0 bridgehead atoms. The minimum atomic E-state index is 0.197. The van der Waals surface area contributed by atoms with Crippen molar-refractivity contribution < 1.29 is 14.9 Å². The van der Waals surface area contributed by atoms with Crippen LogP contribution in [0.4, 0.5) is 0 Å². The van der Waals surface area contributed by atoms with Crippen LogP contribution in [0.2, 0.25) is 0 Å². The Labute approximate surface area is 95.7 Å². The van der Waals surface area contributed by atoms with E-state index < -0.39 is 0 Å². The second-order valence-electron chi connectivity index (χ2n) is 4.44. The highest BCUT2D eigenvalue weighted by Gasteiger charge is 2.27. The number of aliphatic hydroxyl groups is 1. The summed E-state index contributed by atoms with van der Waals surface area (Å²) >= 11 is 0. The second kappa shape index (κ2) is 5.21. The topological polar surface area (TPSA) is 49.7 Å². The van der Waals surface area contributed by atoms with Crippen LogP contribution in [-0.4, -0.2) is 23.4 Å². The highest BCUT2D eigenvalue weighted by atomic mass is 16.5. The molecule has 1 aromatic carbocycles. The fourth-order valence-corrected chi connectivity index (χ4v) is 1.99. The third kappa shape index (κ3) is 2.67. The van der Waals surface area contributed by atoms with E-state index in [1.807, 2.05) is 0 Å². The van der Waals surface area contributed by atoms with E-state index in [1.165, 1.54) is 19.3 Å². The van der Waals surface area contributed by atoms with Crippen LogP contribution in [0.5, 0.6) is 11.5 Å². The van der Waals surface area contributed by atoms with Crippen LogP contribution in [0, 0.1) is 11.8 Å². The average Bonchev–Trinajstić information content (AvgIpc) is 2.23. The smallest absolute Gasteiger partial charge is 0.119 e. The first-order valence-corrected chi connectivity index (χ1v) is 5.82. The van der Waals surface area contributed by atoms with Crippen molar-refractivity contribution in [1.82, 2.24) is 0 Å². The molecule has 1 aliphatic rings. The second-order valence-corrected chi connectivity index (χ2v) is 4.44. The Bertz CT molecular complexity index is 316. The maximum absolute atomic E-state index is 9.26. The van der Waals surface area contributed by atoms with Gasteiger partial charge in [-0.1, -0.05) is 6.42 Å². The Morgan fingerprint density at radius 2 is 1.94 bits per heavy atom. The quantitative estimate of drug-likeness (QED) is 0.802. The lowest BCUT2D eigenvalue weighted by atomic mass is 9.76. The third-order valence-electron chi connectivity index (χ3n) is 3.35. The van der Waals surface area contributed by atoms with Crippen LogP contribution in [0.3, 0.4) is 0 Å². The van der Waals surface area contributed by atoms with E-state index in [0.29, 0.717) is 12.5 Å². The van der Waals surface area contributed by atoms with E-state index >= 15 is 0 Å². The SMILES string of the molecule is OCC(COc1ccc(O)cc1)C1CCC1. The molecule has 0 saturated heterocycles. The zero-order valence-electron chi connectivity index (χ0n) is 9.30. The Kier molecular flexibility index (Phi) is 3.67. The summed E-state index contributed by atoms with van der Waals surface area (Å²) in [5.41, 5.74) is 0. The normalized spacial score (nSPS) is 17.8. The van der Waals surface area contributed by atoms with Crippen LogP contribution >= 0.6 is 0 Å². The predicted molar refractivity (Wildman–Crippen MR) is 61.5 cm³/mol. The molecule has 0 amide bonds.